The van der Waals surface area contributed by atoms with Crippen LogP contribution >= 0.6 is 0 Å². The molecule has 0 aliphatic carbocycles. The molecular weight excluding hydrogens is 271 g/mol. The number of benzene rings is 1. The van der Waals surface area contributed by atoms with Crippen molar-refractivity contribution in [1.82, 2.24) is 9.88 Å². The van der Waals surface area contributed by atoms with Crippen molar-refractivity contribution in [1.29, 1.82) is 0 Å². The van der Waals surface area contributed by atoms with Gasteiger partial charge in [0.1, 0.15) is 5.82 Å². The van der Waals surface area contributed by atoms with E-state index in [0.717, 1.165) is 5.56 Å². The fraction of sp³-hybridized carbons (Fsp3) is 0.200. The van der Waals surface area contributed by atoms with Gasteiger partial charge in [-0.25, -0.2) is 4.39 Å². The summed E-state index contributed by atoms with van der Waals surface area (Å²) in [5, 5.41) is 2.68. The van der Waals surface area contributed by atoms with Crippen LogP contribution in [-0.4, -0.2) is 29.4 Å². The van der Waals surface area contributed by atoms with E-state index < -0.39 is 5.82 Å². The maximum atomic E-state index is 13.0. The average Bonchev–Trinajstić information content (AvgIpc) is 2.43. The van der Waals surface area contributed by atoms with Gasteiger partial charge in [0.25, 0.3) is 0 Å². The number of nitrogens with zero attached hydrogens (tertiary/aromatic N) is 2. The Labute approximate surface area is 122 Å². The van der Waals surface area contributed by atoms with Crippen LogP contribution in [-0.2, 0) is 11.3 Å². The first-order chi connectivity index (χ1) is 10.0. The molecule has 0 saturated heterocycles. The molecule has 1 aromatic carbocycles. The Bertz CT molecular complexity index is 618. The SMILES string of the molecule is CN(CC(=O)Nc1ccc(F)c(N)c1)Cc1cccnc1. The minimum atomic E-state index is -0.498. The molecule has 1 aromatic heterocycles. The number of nitrogens with two attached hydrogens (primary N) is 1. The summed E-state index contributed by atoms with van der Waals surface area (Å²) >= 11 is 0. The summed E-state index contributed by atoms with van der Waals surface area (Å²) in [6.07, 6.45) is 3.46. The van der Waals surface area contributed by atoms with E-state index in [9.17, 15) is 9.18 Å². The fourth-order valence-electron chi connectivity index (χ4n) is 1.93. The lowest BCUT2D eigenvalue weighted by Gasteiger charge is -2.16. The molecule has 1 amide bonds. The Morgan fingerprint density at radius 1 is 1.43 bits per heavy atom. The molecule has 1 heterocycles. The number of halogens is 1. The Morgan fingerprint density at radius 3 is 2.90 bits per heavy atom. The fourth-order valence-corrected chi connectivity index (χ4v) is 1.93. The monoisotopic (exact) mass is 288 g/mol. The van der Waals surface area contributed by atoms with Gasteiger partial charge in [0, 0.05) is 24.6 Å². The number of pyridine rings is 1. The van der Waals surface area contributed by atoms with Crippen molar-refractivity contribution in [3.63, 3.8) is 0 Å². The number of hydrogen-bond donors (Lipinski definition) is 2. The van der Waals surface area contributed by atoms with E-state index in [-0.39, 0.29) is 18.1 Å². The van der Waals surface area contributed by atoms with Crippen molar-refractivity contribution in [2.24, 2.45) is 0 Å². The molecule has 0 unspecified atom stereocenters. The standard InChI is InChI=1S/C15H17FN4O/c1-20(9-11-3-2-6-18-8-11)10-15(21)19-12-4-5-13(16)14(17)7-12/h2-8H,9-10,17H2,1H3,(H,19,21). The van der Waals surface area contributed by atoms with Gasteiger partial charge in [-0.05, 0) is 36.9 Å². The molecule has 3 N–H and O–H groups in total. The van der Waals surface area contributed by atoms with E-state index in [1.807, 2.05) is 24.1 Å². The summed E-state index contributed by atoms with van der Waals surface area (Å²) in [7, 11) is 1.84. The highest BCUT2D eigenvalue weighted by molar-refractivity contribution is 5.92. The van der Waals surface area contributed by atoms with Crippen LogP contribution in [0.1, 0.15) is 5.56 Å². The summed E-state index contributed by atoms with van der Waals surface area (Å²) in [5.41, 5.74) is 6.97. The molecule has 0 saturated carbocycles. The van der Waals surface area contributed by atoms with Gasteiger partial charge >= 0.3 is 0 Å². The smallest absolute Gasteiger partial charge is 0.238 e. The van der Waals surface area contributed by atoms with Crippen molar-refractivity contribution >= 4 is 17.3 Å². The number of anilines is 2. The van der Waals surface area contributed by atoms with E-state index in [2.05, 4.69) is 10.3 Å². The molecule has 0 bridgehead atoms. The molecule has 2 rings (SSSR count). The highest BCUT2D eigenvalue weighted by atomic mass is 19.1. The largest absolute Gasteiger partial charge is 0.396 e. The summed E-state index contributed by atoms with van der Waals surface area (Å²) in [6, 6.07) is 7.90. The first-order valence-electron chi connectivity index (χ1n) is 6.47. The van der Waals surface area contributed by atoms with Crippen molar-refractivity contribution in [2.45, 2.75) is 6.54 Å². The number of nitrogen functional groups attached to an aromatic ring is 1. The molecule has 0 aliphatic heterocycles. The molecule has 0 spiro atoms. The summed E-state index contributed by atoms with van der Waals surface area (Å²) in [4.78, 5) is 17.8. The number of aromatic nitrogens is 1. The first-order valence-corrected chi connectivity index (χ1v) is 6.47. The zero-order chi connectivity index (χ0) is 15.2. The van der Waals surface area contributed by atoms with Gasteiger partial charge in [-0.3, -0.25) is 14.7 Å². The van der Waals surface area contributed by atoms with Gasteiger partial charge in [0.15, 0.2) is 0 Å². The van der Waals surface area contributed by atoms with Crippen molar-refractivity contribution in [3.05, 3.63) is 54.1 Å². The molecule has 0 aliphatic rings. The second-order valence-electron chi connectivity index (χ2n) is 4.82. The average molecular weight is 288 g/mol. The minimum absolute atomic E-state index is 0.0107. The summed E-state index contributed by atoms with van der Waals surface area (Å²) in [5.74, 6) is -0.686. The van der Waals surface area contributed by atoms with E-state index in [1.54, 1.807) is 12.4 Å². The van der Waals surface area contributed by atoms with Crippen molar-refractivity contribution < 1.29 is 9.18 Å². The molecule has 0 fully saturated rings. The van der Waals surface area contributed by atoms with Crippen molar-refractivity contribution in [2.75, 3.05) is 24.6 Å². The summed E-state index contributed by atoms with van der Waals surface area (Å²) in [6.45, 7) is 0.832. The zero-order valence-electron chi connectivity index (χ0n) is 11.7. The molecule has 21 heavy (non-hydrogen) atoms. The predicted molar refractivity (Wildman–Crippen MR) is 80.0 cm³/mol. The number of hydrogen-bond acceptors (Lipinski definition) is 4. The Kier molecular flexibility index (Phi) is 4.84. The Hall–Kier alpha value is -2.47. The second-order valence-corrected chi connectivity index (χ2v) is 4.82. The highest BCUT2D eigenvalue weighted by Gasteiger charge is 2.08. The van der Waals surface area contributed by atoms with Crippen molar-refractivity contribution in [3.8, 4) is 0 Å². The lowest BCUT2D eigenvalue weighted by atomic mass is 10.2. The van der Waals surface area contributed by atoms with Crippen LogP contribution in [0.25, 0.3) is 0 Å². The van der Waals surface area contributed by atoms with E-state index in [4.69, 9.17) is 5.73 Å². The molecule has 5 nitrogen and oxygen atoms in total. The topological polar surface area (TPSA) is 71.2 Å². The van der Waals surface area contributed by atoms with E-state index >= 15 is 0 Å². The van der Waals surface area contributed by atoms with Crippen LogP contribution in [0.15, 0.2) is 42.7 Å². The van der Waals surface area contributed by atoms with E-state index in [0.29, 0.717) is 12.2 Å². The number of amides is 1. The summed E-state index contributed by atoms with van der Waals surface area (Å²) < 4.78 is 13.0. The molecule has 2 aromatic rings. The van der Waals surface area contributed by atoms with Crippen LogP contribution in [0.5, 0.6) is 0 Å². The number of carbonyl (C=O) groups is 1. The minimum Gasteiger partial charge on any atom is -0.396 e. The highest BCUT2D eigenvalue weighted by Crippen LogP contribution is 2.16. The molecule has 0 atom stereocenters. The number of rotatable bonds is 5. The molecule has 110 valence electrons. The zero-order valence-corrected chi connectivity index (χ0v) is 11.7. The van der Waals surface area contributed by atoms with Gasteiger partial charge in [-0.1, -0.05) is 6.07 Å². The maximum Gasteiger partial charge on any atom is 0.238 e. The number of nitrogens with one attached hydrogen (secondary N) is 1. The van der Waals surface area contributed by atoms with Gasteiger partial charge in [-0.15, -0.1) is 0 Å². The van der Waals surface area contributed by atoms with Crippen LogP contribution in [0, 0.1) is 5.82 Å². The quantitative estimate of drug-likeness (QED) is 0.824. The molecule has 0 radical (unpaired) electrons. The van der Waals surface area contributed by atoms with Crippen LogP contribution in [0.3, 0.4) is 0 Å². The van der Waals surface area contributed by atoms with Gasteiger partial charge in [0.2, 0.25) is 5.91 Å². The van der Waals surface area contributed by atoms with Gasteiger partial charge in [0.05, 0.1) is 12.2 Å². The molecular formula is C15H17FN4O. The first kappa shape index (κ1) is 14.9. The number of likely N-dealkylation sites (N-methyl/N-ethyl adjacent to an activating group) is 1. The third-order valence-electron chi connectivity index (χ3n) is 2.87. The molecule has 6 heteroatoms. The van der Waals surface area contributed by atoms with Crippen LogP contribution < -0.4 is 11.1 Å². The second kappa shape index (κ2) is 6.81. The van der Waals surface area contributed by atoms with Crippen LogP contribution in [0.2, 0.25) is 0 Å². The lowest BCUT2D eigenvalue weighted by Crippen LogP contribution is -2.29. The third kappa shape index (κ3) is 4.54. The number of carbonyl (C=O) groups excluding carboxylic acids is 1. The van der Waals surface area contributed by atoms with Gasteiger partial charge in [-0.2, -0.15) is 0 Å². The predicted octanol–water partition coefficient (Wildman–Crippen LogP) is 1.87. The van der Waals surface area contributed by atoms with Crippen LogP contribution in [0.4, 0.5) is 15.8 Å². The Morgan fingerprint density at radius 2 is 2.24 bits per heavy atom. The van der Waals surface area contributed by atoms with E-state index in [1.165, 1.54) is 18.2 Å². The third-order valence-corrected chi connectivity index (χ3v) is 2.87. The van der Waals surface area contributed by atoms with Gasteiger partial charge < -0.3 is 11.1 Å². The normalized spacial score (nSPS) is 10.6. The Balaban J connectivity index is 1.87. The lowest BCUT2D eigenvalue weighted by molar-refractivity contribution is -0.117. The maximum absolute atomic E-state index is 13.0.